The highest BCUT2D eigenvalue weighted by Crippen LogP contribution is 2.22. The zero-order chi connectivity index (χ0) is 16.0. The molecule has 1 aromatic carbocycles. The Kier molecular flexibility index (Phi) is 6.10. The van der Waals surface area contributed by atoms with E-state index in [0.29, 0.717) is 6.54 Å². The SMILES string of the molecule is COc1cccc(F)c1C(=O)N(CCN(C)C)CC(=O)O. The third-order valence-corrected chi connectivity index (χ3v) is 2.84. The summed E-state index contributed by atoms with van der Waals surface area (Å²) >= 11 is 0. The van der Waals surface area contributed by atoms with Crippen LogP contribution in [-0.2, 0) is 4.79 Å². The van der Waals surface area contributed by atoms with E-state index in [-0.39, 0.29) is 17.9 Å². The van der Waals surface area contributed by atoms with Crippen LogP contribution in [0.25, 0.3) is 0 Å². The minimum absolute atomic E-state index is 0.0836. The van der Waals surface area contributed by atoms with Crippen LogP contribution < -0.4 is 4.74 Å². The molecule has 1 N–H and O–H groups in total. The highest BCUT2D eigenvalue weighted by Gasteiger charge is 2.24. The Hall–Kier alpha value is -2.15. The maximum absolute atomic E-state index is 13.9. The van der Waals surface area contributed by atoms with E-state index >= 15 is 0 Å². The number of methoxy groups -OCH3 is 1. The van der Waals surface area contributed by atoms with Crippen LogP contribution in [0.1, 0.15) is 10.4 Å². The molecule has 0 aromatic heterocycles. The van der Waals surface area contributed by atoms with Crippen LogP contribution >= 0.6 is 0 Å². The standard InChI is InChI=1S/C14H19FN2O4/c1-16(2)7-8-17(9-12(18)19)14(20)13-10(15)5-4-6-11(13)21-3/h4-6H,7-9H2,1-3H3,(H,18,19). The molecule has 0 aliphatic rings. The largest absolute Gasteiger partial charge is 0.496 e. The molecule has 0 saturated heterocycles. The van der Waals surface area contributed by atoms with Crippen LogP contribution in [0.3, 0.4) is 0 Å². The summed E-state index contributed by atoms with van der Waals surface area (Å²) < 4.78 is 18.9. The molecule has 1 rings (SSSR count). The van der Waals surface area contributed by atoms with Crippen molar-refractivity contribution in [2.75, 3.05) is 40.8 Å². The molecule has 1 aromatic rings. The molecule has 0 radical (unpaired) electrons. The second-order valence-corrected chi connectivity index (χ2v) is 4.74. The van der Waals surface area contributed by atoms with Crippen molar-refractivity contribution >= 4 is 11.9 Å². The number of carbonyl (C=O) groups excluding carboxylic acids is 1. The fraction of sp³-hybridized carbons (Fsp3) is 0.429. The highest BCUT2D eigenvalue weighted by atomic mass is 19.1. The lowest BCUT2D eigenvalue weighted by molar-refractivity contribution is -0.137. The molecular formula is C14H19FN2O4. The molecule has 0 aliphatic carbocycles. The van der Waals surface area contributed by atoms with Crippen molar-refractivity contribution in [2.24, 2.45) is 0 Å². The number of ether oxygens (including phenoxy) is 1. The van der Waals surface area contributed by atoms with Gasteiger partial charge in [-0.05, 0) is 26.2 Å². The minimum Gasteiger partial charge on any atom is -0.496 e. The summed E-state index contributed by atoms with van der Waals surface area (Å²) in [5, 5.41) is 8.91. The van der Waals surface area contributed by atoms with Gasteiger partial charge in [-0.1, -0.05) is 6.07 Å². The Balaban J connectivity index is 3.07. The van der Waals surface area contributed by atoms with Crippen LogP contribution in [0.2, 0.25) is 0 Å². The monoisotopic (exact) mass is 298 g/mol. The average molecular weight is 298 g/mol. The van der Waals surface area contributed by atoms with Gasteiger partial charge in [0.1, 0.15) is 23.7 Å². The molecule has 0 aliphatic heterocycles. The van der Waals surface area contributed by atoms with Gasteiger partial charge in [0, 0.05) is 13.1 Å². The van der Waals surface area contributed by atoms with E-state index in [1.54, 1.807) is 19.0 Å². The van der Waals surface area contributed by atoms with Gasteiger partial charge in [-0.3, -0.25) is 9.59 Å². The number of carboxylic acids is 1. The van der Waals surface area contributed by atoms with E-state index in [0.717, 1.165) is 11.0 Å². The van der Waals surface area contributed by atoms with Crippen molar-refractivity contribution in [3.8, 4) is 5.75 Å². The van der Waals surface area contributed by atoms with E-state index in [9.17, 15) is 14.0 Å². The van der Waals surface area contributed by atoms with Gasteiger partial charge in [0.15, 0.2) is 0 Å². The predicted octanol–water partition coefficient (Wildman–Crippen LogP) is 0.923. The van der Waals surface area contributed by atoms with Gasteiger partial charge >= 0.3 is 5.97 Å². The summed E-state index contributed by atoms with van der Waals surface area (Å²) in [5.41, 5.74) is -0.250. The van der Waals surface area contributed by atoms with Gasteiger partial charge < -0.3 is 19.6 Å². The summed E-state index contributed by atoms with van der Waals surface area (Å²) in [7, 11) is 4.92. The molecule has 0 heterocycles. The number of rotatable bonds is 7. The fourth-order valence-electron chi connectivity index (χ4n) is 1.78. The number of carboxylic acid groups (broad SMARTS) is 1. The zero-order valence-electron chi connectivity index (χ0n) is 12.3. The summed E-state index contributed by atoms with van der Waals surface area (Å²) in [6.07, 6.45) is 0. The second kappa shape index (κ2) is 7.58. The molecule has 0 atom stereocenters. The lowest BCUT2D eigenvalue weighted by atomic mass is 10.1. The van der Waals surface area contributed by atoms with E-state index < -0.39 is 24.2 Å². The molecule has 116 valence electrons. The predicted molar refractivity (Wildman–Crippen MR) is 75.0 cm³/mol. The zero-order valence-corrected chi connectivity index (χ0v) is 12.3. The molecular weight excluding hydrogens is 279 g/mol. The molecule has 1 amide bonds. The summed E-state index contributed by atoms with van der Waals surface area (Å²) in [5.74, 6) is -2.51. The minimum atomic E-state index is -1.16. The van der Waals surface area contributed by atoms with Crippen LogP contribution in [0, 0.1) is 5.82 Å². The van der Waals surface area contributed by atoms with E-state index in [4.69, 9.17) is 9.84 Å². The van der Waals surface area contributed by atoms with Crippen LogP contribution in [0.4, 0.5) is 4.39 Å². The number of halogens is 1. The van der Waals surface area contributed by atoms with E-state index in [2.05, 4.69) is 0 Å². The Morgan fingerprint density at radius 2 is 1.95 bits per heavy atom. The third-order valence-electron chi connectivity index (χ3n) is 2.84. The van der Waals surface area contributed by atoms with E-state index in [1.165, 1.54) is 19.2 Å². The highest BCUT2D eigenvalue weighted by molar-refractivity contribution is 5.98. The third kappa shape index (κ3) is 4.71. The van der Waals surface area contributed by atoms with Gasteiger partial charge in [0.05, 0.1) is 7.11 Å². The molecule has 0 fully saturated rings. The number of hydrogen-bond acceptors (Lipinski definition) is 4. The first-order valence-corrected chi connectivity index (χ1v) is 6.35. The number of benzene rings is 1. The summed E-state index contributed by atoms with van der Waals surface area (Å²) in [6, 6.07) is 4.02. The number of aliphatic carboxylic acids is 1. The maximum Gasteiger partial charge on any atom is 0.323 e. The Bertz CT molecular complexity index is 520. The lowest BCUT2D eigenvalue weighted by Gasteiger charge is -2.23. The van der Waals surface area contributed by atoms with Gasteiger partial charge in [0.25, 0.3) is 5.91 Å². The molecule has 0 spiro atoms. The van der Waals surface area contributed by atoms with Crippen molar-refractivity contribution in [3.05, 3.63) is 29.6 Å². The average Bonchev–Trinajstić information content (AvgIpc) is 2.41. The summed E-state index contributed by atoms with van der Waals surface area (Å²) in [6.45, 7) is 0.148. The normalized spacial score (nSPS) is 10.5. The second-order valence-electron chi connectivity index (χ2n) is 4.74. The molecule has 6 nitrogen and oxygen atoms in total. The number of hydrogen-bond donors (Lipinski definition) is 1. The maximum atomic E-state index is 13.9. The fourth-order valence-corrected chi connectivity index (χ4v) is 1.78. The smallest absolute Gasteiger partial charge is 0.323 e. The van der Waals surface area contributed by atoms with Gasteiger partial charge in [-0.15, -0.1) is 0 Å². The number of amides is 1. The number of likely N-dealkylation sites (N-methyl/N-ethyl adjacent to an activating group) is 1. The Morgan fingerprint density at radius 3 is 2.48 bits per heavy atom. The van der Waals surface area contributed by atoms with Crippen molar-refractivity contribution in [3.63, 3.8) is 0 Å². The van der Waals surface area contributed by atoms with Crippen molar-refractivity contribution in [2.45, 2.75) is 0 Å². The first-order chi connectivity index (χ1) is 9.86. The first-order valence-electron chi connectivity index (χ1n) is 6.35. The lowest BCUT2D eigenvalue weighted by Crippen LogP contribution is -2.40. The van der Waals surface area contributed by atoms with Crippen LogP contribution in [0.5, 0.6) is 5.75 Å². The van der Waals surface area contributed by atoms with Crippen LogP contribution in [0.15, 0.2) is 18.2 Å². The van der Waals surface area contributed by atoms with Gasteiger partial charge in [0.2, 0.25) is 0 Å². The molecule has 0 unspecified atom stereocenters. The summed E-state index contributed by atoms with van der Waals surface area (Å²) in [4.78, 5) is 26.2. The number of nitrogens with zero attached hydrogens (tertiary/aromatic N) is 2. The van der Waals surface area contributed by atoms with E-state index in [1.807, 2.05) is 0 Å². The molecule has 21 heavy (non-hydrogen) atoms. The molecule has 7 heteroatoms. The van der Waals surface area contributed by atoms with Crippen molar-refractivity contribution in [1.82, 2.24) is 9.80 Å². The number of carbonyl (C=O) groups is 2. The molecule has 0 saturated carbocycles. The topological polar surface area (TPSA) is 70.1 Å². The Morgan fingerprint density at radius 1 is 1.29 bits per heavy atom. The van der Waals surface area contributed by atoms with Crippen molar-refractivity contribution in [1.29, 1.82) is 0 Å². The molecule has 0 bridgehead atoms. The first kappa shape index (κ1) is 16.9. The van der Waals surface area contributed by atoms with Gasteiger partial charge in [-0.2, -0.15) is 0 Å². The van der Waals surface area contributed by atoms with Gasteiger partial charge in [-0.25, -0.2) is 4.39 Å². The van der Waals surface area contributed by atoms with Crippen LogP contribution in [-0.4, -0.2) is 67.6 Å². The Labute approximate surface area is 122 Å². The van der Waals surface area contributed by atoms with Crippen molar-refractivity contribution < 1.29 is 23.8 Å². The quantitative estimate of drug-likeness (QED) is 0.810.